The number of thiophene rings is 1. The molecule has 0 aliphatic rings. The highest BCUT2D eigenvalue weighted by Gasteiger charge is 2.09. The van der Waals surface area contributed by atoms with Crippen LogP contribution in [0.5, 0.6) is 0 Å². The summed E-state index contributed by atoms with van der Waals surface area (Å²) in [5, 5.41) is 2.88. The molecule has 4 heteroatoms. The molecule has 0 saturated carbocycles. The largest absolute Gasteiger partial charge is 0.204 e. The van der Waals surface area contributed by atoms with Gasteiger partial charge in [-0.3, -0.25) is 0 Å². The molecule has 0 aliphatic heterocycles. The Morgan fingerprint density at radius 1 is 1.38 bits per heavy atom. The quantitative estimate of drug-likeness (QED) is 0.641. The maximum atomic E-state index is 13.4. The SMILES string of the molecule is Fc1c(Cl)ccc2c(CCl)csc12. The van der Waals surface area contributed by atoms with Crippen LogP contribution in [0.1, 0.15) is 5.56 Å². The van der Waals surface area contributed by atoms with Gasteiger partial charge < -0.3 is 0 Å². The summed E-state index contributed by atoms with van der Waals surface area (Å²) in [6.45, 7) is 0. The van der Waals surface area contributed by atoms with Crippen molar-refractivity contribution in [1.29, 1.82) is 0 Å². The molecule has 68 valence electrons. The van der Waals surface area contributed by atoms with Gasteiger partial charge in [-0.1, -0.05) is 17.7 Å². The van der Waals surface area contributed by atoms with Crippen LogP contribution in [0.25, 0.3) is 10.1 Å². The van der Waals surface area contributed by atoms with E-state index in [9.17, 15) is 4.39 Å². The Hall–Kier alpha value is -0.310. The third kappa shape index (κ3) is 1.43. The second-order valence-electron chi connectivity index (χ2n) is 2.63. The van der Waals surface area contributed by atoms with Gasteiger partial charge in [-0.15, -0.1) is 22.9 Å². The number of hydrogen-bond donors (Lipinski definition) is 0. The van der Waals surface area contributed by atoms with Gasteiger partial charge in [0.2, 0.25) is 0 Å². The first-order valence-electron chi connectivity index (χ1n) is 3.64. The summed E-state index contributed by atoms with van der Waals surface area (Å²) in [6, 6.07) is 3.36. The molecule has 1 aromatic carbocycles. The van der Waals surface area contributed by atoms with Crippen LogP contribution in [0, 0.1) is 5.82 Å². The smallest absolute Gasteiger partial charge is 0.159 e. The van der Waals surface area contributed by atoms with Crippen molar-refractivity contribution in [3.05, 3.63) is 33.9 Å². The highest BCUT2D eigenvalue weighted by Crippen LogP contribution is 2.32. The van der Waals surface area contributed by atoms with Crippen LogP contribution >= 0.6 is 34.5 Å². The summed E-state index contributed by atoms with van der Waals surface area (Å²) in [5.74, 6) is 0.0571. The lowest BCUT2D eigenvalue weighted by atomic mass is 10.2. The predicted octanol–water partition coefficient (Wildman–Crippen LogP) is 4.43. The van der Waals surface area contributed by atoms with Crippen LogP contribution < -0.4 is 0 Å². The van der Waals surface area contributed by atoms with E-state index >= 15 is 0 Å². The summed E-state index contributed by atoms with van der Waals surface area (Å²) in [6.07, 6.45) is 0. The molecule has 0 aliphatic carbocycles. The summed E-state index contributed by atoms with van der Waals surface area (Å²) < 4.78 is 14.0. The van der Waals surface area contributed by atoms with Gasteiger partial charge >= 0.3 is 0 Å². The van der Waals surface area contributed by atoms with Crippen molar-refractivity contribution in [3.8, 4) is 0 Å². The van der Waals surface area contributed by atoms with Gasteiger partial charge in [-0.2, -0.15) is 0 Å². The molecule has 1 heterocycles. The van der Waals surface area contributed by atoms with Crippen LogP contribution in [0.3, 0.4) is 0 Å². The molecule has 0 N–H and O–H groups in total. The van der Waals surface area contributed by atoms with Crippen molar-refractivity contribution in [1.82, 2.24) is 0 Å². The minimum absolute atomic E-state index is 0.162. The zero-order chi connectivity index (χ0) is 9.42. The van der Waals surface area contributed by atoms with E-state index in [1.54, 1.807) is 12.1 Å². The highest BCUT2D eigenvalue weighted by atomic mass is 35.5. The minimum atomic E-state index is -0.347. The van der Waals surface area contributed by atoms with E-state index < -0.39 is 0 Å². The topological polar surface area (TPSA) is 0 Å². The summed E-state index contributed by atoms with van der Waals surface area (Å²) >= 11 is 12.7. The first-order chi connectivity index (χ1) is 6.24. The van der Waals surface area contributed by atoms with Crippen molar-refractivity contribution in [3.63, 3.8) is 0 Å². The van der Waals surface area contributed by atoms with Crippen LogP contribution in [0.2, 0.25) is 5.02 Å². The maximum absolute atomic E-state index is 13.4. The fourth-order valence-electron chi connectivity index (χ4n) is 1.20. The Bertz CT molecular complexity index is 450. The number of halogens is 3. The molecule has 0 unspecified atom stereocenters. The van der Waals surface area contributed by atoms with Gasteiger partial charge in [0, 0.05) is 5.88 Å². The Kier molecular flexibility index (Phi) is 2.45. The molecule has 2 aromatic rings. The van der Waals surface area contributed by atoms with E-state index in [1.165, 1.54) is 11.3 Å². The third-order valence-electron chi connectivity index (χ3n) is 1.86. The fourth-order valence-corrected chi connectivity index (χ4v) is 2.73. The standard InChI is InChI=1S/C9H5Cl2FS/c10-3-5-4-13-9-6(5)1-2-7(11)8(9)12/h1-2,4H,3H2. The van der Waals surface area contributed by atoms with Gasteiger partial charge in [0.05, 0.1) is 9.72 Å². The highest BCUT2D eigenvalue weighted by molar-refractivity contribution is 7.17. The zero-order valence-electron chi connectivity index (χ0n) is 6.48. The van der Waals surface area contributed by atoms with Crippen molar-refractivity contribution in [2.45, 2.75) is 5.88 Å². The van der Waals surface area contributed by atoms with E-state index in [4.69, 9.17) is 23.2 Å². The minimum Gasteiger partial charge on any atom is -0.204 e. The molecule has 0 saturated heterocycles. The van der Waals surface area contributed by atoms with Gasteiger partial charge in [0.15, 0.2) is 5.82 Å². The normalized spacial score (nSPS) is 11.0. The molecule has 0 atom stereocenters. The number of alkyl halides is 1. The lowest BCUT2D eigenvalue weighted by Gasteiger charge is -1.96. The summed E-state index contributed by atoms with van der Waals surface area (Å²) in [5.41, 5.74) is 0.956. The summed E-state index contributed by atoms with van der Waals surface area (Å²) in [7, 11) is 0. The van der Waals surface area contributed by atoms with Crippen molar-refractivity contribution >= 4 is 44.6 Å². The molecule has 0 amide bonds. The van der Waals surface area contributed by atoms with Crippen LogP contribution in [-0.4, -0.2) is 0 Å². The summed E-state index contributed by atoms with van der Waals surface area (Å²) in [4.78, 5) is 0. The molecule has 1 aromatic heterocycles. The van der Waals surface area contributed by atoms with Gasteiger partial charge in [-0.05, 0) is 22.4 Å². The lowest BCUT2D eigenvalue weighted by Crippen LogP contribution is -1.78. The second kappa shape index (κ2) is 3.45. The van der Waals surface area contributed by atoms with Crippen molar-refractivity contribution in [2.75, 3.05) is 0 Å². The number of benzene rings is 1. The lowest BCUT2D eigenvalue weighted by molar-refractivity contribution is 0.642. The number of rotatable bonds is 1. The van der Waals surface area contributed by atoms with E-state index in [-0.39, 0.29) is 10.8 Å². The molecule has 0 spiro atoms. The molecule has 2 rings (SSSR count). The molecule has 13 heavy (non-hydrogen) atoms. The molecular formula is C9H5Cl2FS. The van der Waals surface area contributed by atoms with Crippen LogP contribution in [0.4, 0.5) is 4.39 Å². The van der Waals surface area contributed by atoms with Crippen LogP contribution in [-0.2, 0) is 5.88 Å². The van der Waals surface area contributed by atoms with Gasteiger partial charge in [-0.25, -0.2) is 4.39 Å². The molecule has 0 fully saturated rings. The zero-order valence-corrected chi connectivity index (χ0v) is 8.81. The Morgan fingerprint density at radius 3 is 2.85 bits per heavy atom. The number of fused-ring (bicyclic) bond motifs is 1. The predicted molar refractivity (Wildman–Crippen MR) is 56.4 cm³/mol. The average molecular weight is 235 g/mol. The molecule has 0 nitrogen and oxygen atoms in total. The van der Waals surface area contributed by atoms with E-state index in [2.05, 4.69) is 0 Å². The van der Waals surface area contributed by atoms with Crippen molar-refractivity contribution < 1.29 is 4.39 Å². The third-order valence-corrected chi connectivity index (χ3v) is 3.48. The Morgan fingerprint density at radius 2 is 2.15 bits per heavy atom. The fraction of sp³-hybridized carbons (Fsp3) is 0.111. The Labute approximate surface area is 88.9 Å². The average Bonchev–Trinajstić information content (AvgIpc) is 2.55. The van der Waals surface area contributed by atoms with Gasteiger partial charge in [0.1, 0.15) is 0 Å². The van der Waals surface area contributed by atoms with E-state index in [1.807, 2.05) is 5.38 Å². The van der Waals surface area contributed by atoms with E-state index in [0.29, 0.717) is 10.6 Å². The number of hydrogen-bond acceptors (Lipinski definition) is 1. The van der Waals surface area contributed by atoms with Crippen molar-refractivity contribution in [2.24, 2.45) is 0 Å². The first-order valence-corrected chi connectivity index (χ1v) is 5.43. The molecular weight excluding hydrogens is 230 g/mol. The molecule has 0 radical (unpaired) electrons. The first kappa shape index (κ1) is 9.25. The monoisotopic (exact) mass is 234 g/mol. The molecule has 0 bridgehead atoms. The second-order valence-corrected chi connectivity index (χ2v) is 4.19. The maximum Gasteiger partial charge on any atom is 0.159 e. The van der Waals surface area contributed by atoms with Crippen LogP contribution in [0.15, 0.2) is 17.5 Å². The van der Waals surface area contributed by atoms with E-state index in [0.717, 1.165) is 10.9 Å². The van der Waals surface area contributed by atoms with Gasteiger partial charge in [0.25, 0.3) is 0 Å². The Balaban J connectivity index is 2.81.